The average molecular weight is 926 g/mol. The van der Waals surface area contributed by atoms with E-state index < -0.39 is 35.9 Å². The van der Waals surface area contributed by atoms with E-state index in [-0.39, 0.29) is 88.5 Å². The van der Waals surface area contributed by atoms with Crippen LogP contribution in [0.4, 0.5) is 0 Å². The number of carbonyl (C=O) groups is 8. The molecule has 0 aliphatic heterocycles. The third-order valence-corrected chi connectivity index (χ3v) is 12.6. The Balaban J connectivity index is 0.000000334. The van der Waals surface area contributed by atoms with Crippen molar-refractivity contribution in [1.29, 1.82) is 0 Å². The molecule has 18 heteroatoms. The third kappa shape index (κ3) is 10.5. The van der Waals surface area contributed by atoms with Crippen LogP contribution in [0.15, 0.2) is 95.7 Å². The SMILES string of the molecule is C.C.C.COC(=O)[C@@H](N)c1ccccc1.COC(=O)[C@@H](NC(=O)c1cc2c(s1)C(=O)c1sccc1C2=O)c1ccccc1.Cl.O=C(O)c1cc2c(s1)C(=O)c1sccc1C2=O. The summed E-state index contributed by atoms with van der Waals surface area (Å²) < 4.78 is 9.30. The van der Waals surface area contributed by atoms with Crippen LogP contribution in [0.25, 0.3) is 0 Å². The first-order valence-electron chi connectivity index (χ1n) is 16.5. The molecule has 4 aromatic heterocycles. The van der Waals surface area contributed by atoms with Crippen LogP contribution >= 0.6 is 57.8 Å². The van der Waals surface area contributed by atoms with E-state index in [9.17, 15) is 38.4 Å². The lowest BCUT2D eigenvalue weighted by molar-refractivity contribution is -0.143. The lowest BCUT2D eigenvalue weighted by Crippen LogP contribution is -2.34. The van der Waals surface area contributed by atoms with Crippen LogP contribution in [0.2, 0.25) is 0 Å². The van der Waals surface area contributed by atoms with Crippen LogP contribution in [0.1, 0.15) is 126 Å². The molecule has 13 nitrogen and oxygen atoms in total. The van der Waals surface area contributed by atoms with Gasteiger partial charge in [0.15, 0.2) is 17.6 Å². The number of carboxylic acid groups (broad SMARTS) is 1. The van der Waals surface area contributed by atoms with E-state index >= 15 is 0 Å². The van der Waals surface area contributed by atoms with Gasteiger partial charge >= 0.3 is 17.9 Å². The van der Waals surface area contributed by atoms with Crippen molar-refractivity contribution in [3.8, 4) is 0 Å². The number of rotatable bonds is 7. The van der Waals surface area contributed by atoms with Crippen LogP contribution in [-0.2, 0) is 19.1 Å². The third-order valence-electron chi connectivity index (χ3n) is 8.49. The molecule has 2 aliphatic rings. The fraction of sp³-hybridized carbons (Fsp3) is 0.163. The van der Waals surface area contributed by atoms with Crippen LogP contribution in [-0.4, -0.2) is 66.3 Å². The Morgan fingerprint density at radius 3 is 1.46 bits per heavy atom. The molecular weight excluding hydrogens is 884 g/mol. The van der Waals surface area contributed by atoms with Crippen molar-refractivity contribution in [2.45, 2.75) is 34.4 Å². The van der Waals surface area contributed by atoms with Gasteiger partial charge in [-0.05, 0) is 46.2 Å². The monoisotopic (exact) mass is 924 g/mol. The molecule has 0 saturated carbocycles. The fourth-order valence-electron chi connectivity index (χ4n) is 5.67. The van der Waals surface area contributed by atoms with Gasteiger partial charge in [0.1, 0.15) is 10.9 Å². The Kier molecular flexibility index (Phi) is 18.5. The summed E-state index contributed by atoms with van der Waals surface area (Å²) in [6, 6.07) is 22.0. The van der Waals surface area contributed by atoms with Crippen molar-refractivity contribution < 1.29 is 52.9 Å². The molecule has 8 rings (SSSR count). The summed E-state index contributed by atoms with van der Waals surface area (Å²) in [5, 5.41) is 14.9. The van der Waals surface area contributed by atoms with E-state index in [1.165, 1.54) is 49.0 Å². The zero-order valence-corrected chi connectivity index (χ0v) is 34.1. The minimum atomic E-state index is -1.12. The van der Waals surface area contributed by atoms with Crippen molar-refractivity contribution in [1.82, 2.24) is 5.32 Å². The molecule has 0 unspecified atom stereocenters. The van der Waals surface area contributed by atoms with Crippen molar-refractivity contribution in [2.75, 3.05) is 14.2 Å². The van der Waals surface area contributed by atoms with Gasteiger partial charge in [-0.1, -0.05) is 82.9 Å². The predicted molar refractivity (Wildman–Crippen MR) is 239 cm³/mol. The second-order valence-electron chi connectivity index (χ2n) is 11.9. The second kappa shape index (κ2) is 22.1. The molecule has 4 heterocycles. The number of carboxylic acids is 1. The van der Waals surface area contributed by atoms with Gasteiger partial charge in [-0.3, -0.25) is 28.8 Å². The molecular formula is C43H41ClN2O11S4. The summed E-state index contributed by atoms with van der Waals surface area (Å²) in [5.41, 5.74) is 8.09. The smallest absolute Gasteiger partial charge is 0.345 e. The summed E-state index contributed by atoms with van der Waals surface area (Å²) in [7, 11) is 2.56. The summed E-state index contributed by atoms with van der Waals surface area (Å²) in [4.78, 5) is 97.5. The highest BCUT2D eigenvalue weighted by Gasteiger charge is 2.36. The number of fused-ring (bicyclic) bond motifs is 4. The molecule has 4 N–H and O–H groups in total. The minimum absolute atomic E-state index is 0. The van der Waals surface area contributed by atoms with Gasteiger partial charge in [0.05, 0.1) is 38.6 Å². The summed E-state index contributed by atoms with van der Waals surface area (Å²) in [5.74, 6) is -3.74. The highest BCUT2D eigenvalue weighted by Crippen LogP contribution is 2.37. The number of carbonyl (C=O) groups excluding carboxylic acids is 7. The quantitative estimate of drug-likeness (QED) is 0.128. The maximum atomic E-state index is 12.8. The number of benzene rings is 2. The van der Waals surface area contributed by atoms with E-state index in [0.29, 0.717) is 26.4 Å². The van der Waals surface area contributed by atoms with Gasteiger partial charge in [-0.2, -0.15) is 0 Å². The molecule has 0 spiro atoms. The lowest BCUT2D eigenvalue weighted by Gasteiger charge is -2.16. The van der Waals surface area contributed by atoms with Crippen molar-refractivity contribution >= 4 is 105 Å². The molecule has 0 fully saturated rings. The van der Waals surface area contributed by atoms with Crippen LogP contribution in [0.3, 0.4) is 0 Å². The number of esters is 2. The Hall–Kier alpha value is -5.95. The van der Waals surface area contributed by atoms with Crippen molar-refractivity contribution in [2.24, 2.45) is 5.73 Å². The fourth-order valence-corrected chi connectivity index (χ4v) is 9.41. The first kappa shape index (κ1) is 51.2. The Morgan fingerprint density at radius 2 is 1.02 bits per heavy atom. The van der Waals surface area contributed by atoms with E-state index in [2.05, 4.69) is 10.1 Å². The number of ketones is 4. The van der Waals surface area contributed by atoms with Gasteiger partial charge in [0.2, 0.25) is 11.6 Å². The van der Waals surface area contributed by atoms with Gasteiger partial charge < -0.3 is 25.6 Å². The van der Waals surface area contributed by atoms with Gasteiger partial charge in [-0.25, -0.2) is 9.59 Å². The number of hydrogen-bond acceptors (Lipinski definition) is 15. The van der Waals surface area contributed by atoms with E-state index in [1.54, 1.807) is 65.4 Å². The minimum Gasteiger partial charge on any atom is -0.477 e. The number of ether oxygens (including phenoxy) is 2. The summed E-state index contributed by atoms with van der Waals surface area (Å²) in [6.45, 7) is 0. The Bertz CT molecular complexity index is 2480. The number of nitrogens with two attached hydrogens (primary N) is 1. The van der Waals surface area contributed by atoms with Crippen LogP contribution in [0.5, 0.6) is 0 Å². The number of thiophene rings is 4. The molecule has 61 heavy (non-hydrogen) atoms. The first-order chi connectivity index (χ1) is 27.4. The maximum Gasteiger partial charge on any atom is 0.345 e. The number of aromatic carboxylic acids is 1. The highest BCUT2D eigenvalue weighted by molar-refractivity contribution is 7.19. The second-order valence-corrected chi connectivity index (χ2v) is 15.8. The van der Waals surface area contributed by atoms with E-state index in [1.807, 2.05) is 18.2 Å². The maximum absolute atomic E-state index is 12.8. The number of nitrogens with one attached hydrogen (secondary N) is 1. The molecule has 2 atom stereocenters. The Labute approximate surface area is 373 Å². The van der Waals surface area contributed by atoms with Crippen LogP contribution < -0.4 is 11.1 Å². The number of hydrogen-bond donors (Lipinski definition) is 3. The molecule has 0 bridgehead atoms. The average Bonchev–Trinajstić information content (AvgIpc) is 4.07. The largest absolute Gasteiger partial charge is 0.477 e. The zero-order valence-electron chi connectivity index (χ0n) is 30.0. The topological polar surface area (TPSA) is 213 Å². The van der Waals surface area contributed by atoms with Crippen molar-refractivity contribution in [3.63, 3.8) is 0 Å². The molecule has 0 radical (unpaired) electrons. The molecule has 2 aromatic carbocycles. The zero-order chi connectivity index (χ0) is 41.0. The van der Waals surface area contributed by atoms with Crippen molar-refractivity contribution in [3.05, 3.63) is 158 Å². The standard InChI is InChI=1S/C20H13NO5S2.C11H4O4S2.C9H11NO2.3CH4.ClH/c1-26-20(25)14(10-5-3-2-4-6-10)21-19(24)13-9-12-15(22)11-7-8-27-17(11)16(23)18(12)28-13;12-7-4-1-2-16-9(4)8(13)10-5(7)3-6(17-10)11(14)15;1-12-9(11)8(10)7-5-3-2-4-6-7;;;;/h2-9,14H,1H3,(H,21,24);1-3H,(H,14,15);2-6,8H,10H2,1H3;3*1H4;1H/t14-;;8-;;;;/m0.0..../s1. The molecule has 1 amide bonds. The summed E-state index contributed by atoms with van der Waals surface area (Å²) >= 11 is 4.23. The molecule has 0 saturated heterocycles. The highest BCUT2D eigenvalue weighted by atomic mass is 35.5. The van der Waals surface area contributed by atoms with E-state index in [4.69, 9.17) is 15.6 Å². The van der Waals surface area contributed by atoms with E-state index in [0.717, 1.165) is 28.2 Å². The molecule has 320 valence electrons. The molecule has 6 aromatic rings. The summed E-state index contributed by atoms with van der Waals surface area (Å²) in [6.07, 6.45) is 0. The van der Waals surface area contributed by atoms with Crippen LogP contribution in [0, 0.1) is 0 Å². The van der Waals surface area contributed by atoms with Gasteiger partial charge in [-0.15, -0.1) is 57.8 Å². The number of amides is 1. The number of halogens is 1. The van der Waals surface area contributed by atoms with Gasteiger partial charge in [0, 0.05) is 22.3 Å². The van der Waals surface area contributed by atoms with Gasteiger partial charge in [0.25, 0.3) is 5.91 Å². The lowest BCUT2D eigenvalue weighted by atomic mass is 9.95. The normalized spacial score (nSPS) is 12.3. The first-order valence-corrected chi connectivity index (χ1v) is 19.9. The predicted octanol–water partition coefficient (Wildman–Crippen LogP) is 8.70. The Morgan fingerprint density at radius 1 is 0.590 bits per heavy atom. The number of methoxy groups -OCH3 is 2. The molecule has 2 aliphatic carbocycles.